The standard InChI is InChI=1S/C27H29N3O3/c1-4-20(3)22-8-10-23(11-9-22)32-18-24-12-13-25(33-24)27(31)28-26-14-15-30(29-26)17-21-7-5-6-19(2)16-21/h5-16,20H,4,17-18H2,1-3H3,(H,28,29,31). The van der Waals surface area contributed by atoms with Crippen molar-refractivity contribution < 1.29 is 13.9 Å². The Morgan fingerprint density at radius 3 is 2.70 bits per heavy atom. The van der Waals surface area contributed by atoms with Gasteiger partial charge in [0.1, 0.15) is 18.1 Å². The van der Waals surface area contributed by atoms with Crippen LogP contribution in [0.1, 0.15) is 59.2 Å². The molecule has 0 aliphatic rings. The van der Waals surface area contributed by atoms with Gasteiger partial charge >= 0.3 is 0 Å². The lowest BCUT2D eigenvalue weighted by Crippen LogP contribution is -2.12. The number of benzene rings is 2. The number of amides is 1. The fourth-order valence-electron chi connectivity index (χ4n) is 3.55. The van der Waals surface area contributed by atoms with Gasteiger partial charge in [0.25, 0.3) is 5.91 Å². The summed E-state index contributed by atoms with van der Waals surface area (Å²) in [7, 11) is 0. The van der Waals surface area contributed by atoms with Crippen LogP contribution in [-0.2, 0) is 13.2 Å². The van der Waals surface area contributed by atoms with E-state index in [1.54, 1.807) is 22.9 Å². The summed E-state index contributed by atoms with van der Waals surface area (Å²) >= 11 is 0. The van der Waals surface area contributed by atoms with E-state index in [0.717, 1.165) is 17.7 Å². The largest absolute Gasteiger partial charge is 0.486 e. The Kier molecular flexibility index (Phi) is 6.93. The lowest BCUT2D eigenvalue weighted by Gasteiger charge is -2.10. The first-order valence-electron chi connectivity index (χ1n) is 11.2. The van der Waals surface area contributed by atoms with Crippen LogP contribution < -0.4 is 10.1 Å². The van der Waals surface area contributed by atoms with Crippen LogP contribution in [0, 0.1) is 6.92 Å². The molecule has 2 aromatic heterocycles. The summed E-state index contributed by atoms with van der Waals surface area (Å²) in [4.78, 5) is 12.5. The van der Waals surface area contributed by atoms with Gasteiger partial charge in [0, 0.05) is 12.3 Å². The number of nitrogens with zero attached hydrogens (tertiary/aromatic N) is 2. The van der Waals surface area contributed by atoms with E-state index in [1.807, 2.05) is 24.4 Å². The molecule has 0 spiro atoms. The third-order valence-corrected chi connectivity index (χ3v) is 5.64. The van der Waals surface area contributed by atoms with Gasteiger partial charge in [-0.1, -0.05) is 55.8 Å². The molecule has 1 atom stereocenters. The molecule has 0 fully saturated rings. The minimum absolute atomic E-state index is 0.217. The summed E-state index contributed by atoms with van der Waals surface area (Å²) in [5.41, 5.74) is 3.65. The summed E-state index contributed by atoms with van der Waals surface area (Å²) in [6.45, 7) is 7.33. The zero-order valence-electron chi connectivity index (χ0n) is 19.2. The number of aromatic nitrogens is 2. The lowest BCUT2D eigenvalue weighted by atomic mass is 9.99. The minimum Gasteiger partial charge on any atom is -0.486 e. The van der Waals surface area contributed by atoms with Crippen molar-refractivity contribution in [2.75, 3.05) is 5.32 Å². The third-order valence-electron chi connectivity index (χ3n) is 5.64. The number of hydrogen-bond donors (Lipinski definition) is 1. The van der Waals surface area contributed by atoms with E-state index < -0.39 is 0 Å². The average molecular weight is 444 g/mol. The quantitative estimate of drug-likeness (QED) is 0.335. The summed E-state index contributed by atoms with van der Waals surface area (Å²) in [5.74, 6) is 2.22. The van der Waals surface area contributed by atoms with Gasteiger partial charge in [0.15, 0.2) is 11.6 Å². The van der Waals surface area contributed by atoms with Crippen LogP contribution >= 0.6 is 0 Å². The third kappa shape index (κ3) is 5.92. The maximum atomic E-state index is 12.5. The Bertz CT molecular complexity index is 1210. The predicted molar refractivity (Wildman–Crippen MR) is 129 cm³/mol. The number of carbonyl (C=O) groups excluding carboxylic acids is 1. The molecule has 0 aliphatic carbocycles. The molecule has 6 nitrogen and oxygen atoms in total. The molecule has 1 unspecified atom stereocenters. The Balaban J connectivity index is 1.30. The monoisotopic (exact) mass is 443 g/mol. The van der Waals surface area contributed by atoms with Crippen molar-refractivity contribution >= 4 is 11.7 Å². The number of nitrogens with one attached hydrogen (secondary N) is 1. The molecule has 0 bridgehead atoms. The molecule has 6 heteroatoms. The van der Waals surface area contributed by atoms with Gasteiger partial charge in [0.2, 0.25) is 0 Å². The van der Waals surface area contributed by atoms with Crippen LogP contribution in [0.3, 0.4) is 0 Å². The second kappa shape index (κ2) is 10.2. The van der Waals surface area contributed by atoms with Crippen LogP contribution in [0.25, 0.3) is 0 Å². The highest BCUT2D eigenvalue weighted by atomic mass is 16.5. The number of furan rings is 1. The van der Waals surface area contributed by atoms with Crippen molar-refractivity contribution in [1.29, 1.82) is 0 Å². The van der Waals surface area contributed by atoms with Gasteiger partial charge < -0.3 is 14.5 Å². The van der Waals surface area contributed by atoms with Crippen LogP contribution in [0.5, 0.6) is 5.75 Å². The van der Waals surface area contributed by atoms with Gasteiger partial charge in [-0.3, -0.25) is 9.48 Å². The summed E-state index contributed by atoms with van der Waals surface area (Å²) in [6, 6.07) is 21.5. The van der Waals surface area contributed by atoms with Gasteiger partial charge in [-0.25, -0.2) is 0 Å². The Morgan fingerprint density at radius 1 is 1.12 bits per heavy atom. The van der Waals surface area contributed by atoms with E-state index in [2.05, 4.69) is 61.5 Å². The fraction of sp³-hybridized carbons (Fsp3) is 0.259. The second-order valence-corrected chi connectivity index (χ2v) is 8.27. The highest BCUT2D eigenvalue weighted by Crippen LogP contribution is 2.22. The normalized spacial score (nSPS) is 11.8. The van der Waals surface area contributed by atoms with E-state index in [1.165, 1.54) is 11.1 Å². The number of ether oxygens (including phenoxy) is 1. The van der Waals surface area contributed by atoms with Gasteiger partial charge in [-0.05, 0) is 54.7 Å². The van der Waals surface area contributed by atoms with Gasteiger partial charge in [-0.15, -0.1) is 0 Å². The molecule has 0 saturated heterocycles. The van der Waals surface area contributed by atoms with Gasteiger partial charge in [0.05, 0.1) is 6.54 Å². The molecule has 4 aromatic rings. The molecule has 0 aliphatic heterocycles. The Morgan fingerprint density at radius 2 is 1.94 bits per heavy atom. The van der Waals surface area contributed by atoms with Crippen LogP contribution in [0.15, 0.2) is 77.3 Å². The number of carbonyl (C=O) groups is 1. The molecule has 2 aromatic carbocycles. The van der Waals surface area contributed by atoms with E-state index >= 15 is 0 Å². The van der Waals surface area contributed by atoms with Crippen molar-refractivity contribution in [3.05, 3.63) is 101 Å². The Hall–Kier alpha value is -3.80. The highest BCUT2D eigenvalue weighted by molar-refractivity contribution is 6.01. The highest BCUT2D eigenvalue weighted by Gasteiger charge is 2.13. The van der Waals surface area contributed by atoms with E-state index in [0.29, 0.717) is 24.0 Å². The minimum atomic E-state index is -0.347. The molecule has 1 N–H and O–H groups in total. The molecule has 2 heterocycles. The Labute approximate surface area is 194 Å². The average Bonchev–Trinajstić information content (AvgIpc) is 3.47. The number of rotatable bonds is 9. The van der Waals surface area contributed by atoms with Gasteiger partial charge in [-0.2, -0.15) is 5.10 Å². The maximum absolute atomic E-state index is 12.5. The number of hydrogen-bond acceptors (Lipinski definition) is 4. The zero-order valence-corrected chi connectivity index (χ0v) is 19.2. The molecule has 170 valence electrons. The predicted octanol–water partition coefficient (Wildman–Crippen LogP) is 6.18. The lowest BCUT2D eigenvalue weighted by molar-refractivity contribution is 0.0992. The molecule has 0 saturated carbocycles. The number of aryl methyl sites for hydroxylation is 1. The molecule has 1 amide bonds. The molecular weight excluding hydrogens is 414 g/mol. The smallest absolute Gasteiger partial charge is 0.292 e. The van der Waals surface area contributed by atoms with E-state index in [-0.39, 0.29) is 18.3 Å². The van der Waals surface area contributed by atoms with Crippen molar-refractivity contribution in [1.82, 2.24) is 9.78 Å². The van der Waals surface area contributed by atoms with Crippen molar-refractivity contribution in [3.8, 4) is 5.75 Å². The first kappa shape index (κ1) is 22.4. The first-order chi connectivity index (χ1) is 16.0. The van der Waals surface area contributed by atoms with Crippen molar-refractivity contribution in [3.63, 3.8) is 0 Å². The van der Waals surface area contributed by atoms with Crippen LogP contribution in [0.2, 0.25) is 0 Å². The summed E-state index contributed by atoms with van der Waals surface area (Å²) in [6.07, 6.45) is 2.94. The number of anilines is 1. The van der Waals surface area contributed by atoms with Crippen LogP contribution in [0.4, 0.5) is 5.82 Å². The summed E-state index contributed by atoms with van der Waals surface area (Å²) < 4.78 is 13.3. The fourth-order valence-corrected chi connectivity index (χ4v) is 3.55. The molecule has 4 rings (SSSR count). The van der Waals surface area contributed by atoms with E-state index in [4.69, 9.17) is 9.15 Å². The second-order valence-electron chi connectivity index (χ2n) is 8.27. The topological polar surface area (TPSA) is 69.3 Å². The SMILES string of the molecule is CCC(C)c1ccc(OCc2ccc(C(=O)Nc3ccn(Cc4cccc(C)c4)n3)o2)cc1. The first-order valence-corrected chi connectivity index (χ1v) is 11.2. The summed E-state index contributed by atoms with van der Waals surface area (Å²) in [5, 5.41) is 7.21. The molecular formula is C27H29N3O3. The molecule has 0 radical (unpaired) electrons. The molecule has 33 heavy (non-hydrogen) atoms. The van der Waals surface area contributed by atoms with Crippen molar-refractivity contribution in [2.24, 2.45) is 0 Å². The maximum Gasteiger partial charge on any atom is 0.292 e. The zero-order chi connectivity index (χ0) is 23.2. The van der Waals surface area contributed by atoms with Crippen molar-refractivity contribution in [2.45, 2.75) is 46.3 Å². The van der Waals surface area contributed by atoms with Crippen LogP contribution in [-0.4, -0.2) is 15.7 Å². The van der Waals surface area contributed by atoms with E-state index in [9.17, 15) is 4.79 Å².